The van der Waals surface area contributed by atoms with E-state index in [1.165, 1.54) is 6.20 Å². The molecule has 0 aliphatic carbocycles. The van der Waals surface area contributed by atoms with Gasteiger partial charge in [0.1, 0.15) is 17.7 Å². The number of nitriles is 2. The van der Waals surface area contributed by atoms with Gasteiger partial charge in [-0.05, 0) is 24.7 Å². The topological polar surface area (TPSA) is 83.1 Å². The van der Waals surface area contributed by atoms with Crippen molar-refractivity contribution in [3.63, 3.8) is 0 Å². The van der Waals surface area contributed by atoms with Crippen molar-refractivity contribution in [2.45, 2.75) is 6.54 Å². The molecule has 5 nitrogen and oxygen atoms in total. The zero-order valence-electron chi connectivity index (χ0n) is 10.8. The average Bonchev–Trinajstić information content (AvgIpc) is 2.40. The molecule has 0 amide bonds. The summed E-state index contributed by atoms with van der Waals surface area (Å²) in [4.78, 5) is 2.00. The quantitative estimate of drug-likeness (QED) is 0.753. The Morgan fingerprint density at radius 3 is 2.79 bits per heavy atom. The van der Waals surface area contributed by atoms with E-state index in [1.807, 2.05) is 36.2 Å². The second-order valence-corrected chi connectivity index (χ2v) is 4.09. The van der Waals surface area contributed by atoms with E-state index in [2.05, 4.69) is 5.32 Å². The van der Waals surface area contributed by atoms with Crippen LogP contribution in [0.2, 0.25) is 0 Å². The van der Waals surface area contributed by atoms with Gasteiger partial charge in [0, 0.05) is 25.0 Å². The predicted octanol–water partition coefficient (Wildman–Crippen LogP) is 1.45. The van der Waals surface area contributed by atoms with Gasteiger partial charge in [-0.15, -0.1) is 0 Å². The van der Waals surface area contributed by atoms with Crippen LogP contribution in [0.15, 0.2) is 36.0 Å². The summed E-state index contributed by atoms with van der Waals surface area (Å²) in [6.07, 6.45) is 1.39. The number of aliphatic hydroxyl groups is 1. The number of nitrogens with zero attached hydrogens (tertiary/aromatic N) is 3. The van der Waals surface area contributed by atoms with Crippen LogP contribution >= 0.6 is 0 Å². The monoisotopic (exact) mass is 256 g/mol. The van der Waals surface area contributed by atoms with Crippen molar-refractivity contribution < 1.29 is 5.11 Å². The van der Waals surface area contributed by atoms with Gasteiger partial charge in [0.05, 0.1) is 6.61 Å². The van der Waals surface area contributed by atoms with Crippen LogP contribution < -0.4 is 5.32 Å². The van der Waals surface area contributed by atoms with Gasteiger partial charge in [-0.3, -0.25) is 4.90 Å². The third kappa shape index (κ3) is 5.22. The number of aliphatic hydroxyl groups excluding tert-OH is 1. The lowest BCUT2D eigenvalue weighted by atomic mass is 10.2. The molecule has 0 saturated heterocycles. The van der Waals surface area contributed by atoms with Crippen LogP contribution in [0.3, 0.4) is 0 Å². The van der Waals surface area contributed by atoms with E-state index in [0.717, 1.165) is 17.8 Å². The standard InChI is InChI=1S/C14H16N4O/c1-18(5-6-19)11-12-3-2-4-14(7-12)17-10-13(8-15)9-16/h2-4,7,10,17,19H,5-6,11H2,1H3. The summed E-state index contributed by atoms with van der Waals surface area (Å²) in [6, 6.07) is 11.3. The van der Waals surface area contributed by atoms with Gasteiger partial charge in [-0.25, -0.2) is 0 Å². The molecule has 0 fully saturated rings. The fourth-order valence-corrected chi connectivity index (χ4v) is 1.57. The molecular weight excluding hydrogens is 240 g/mol. The first-order valence-electron chi connectivity index (χ1n) is 5.85. The van der Waals surface area contributed by atoms with E-state index in [1.54, 1.807) is 12.1 Å². The normalized spacial score (nSPS) is 9.53. The Morgan fingerprint density at radius 2 is 2.16 bits per heavy atom. The smallest absolute Gasteiger partial charge is 0.145 e. The molecule has 98 valence electrons. The summed E-state index contributed by atoms with van der Waals surface area (Å²) >= 11 is 0. The van der Waals surface area contributed by atoms with Crippen LogP contribution in [0.25, 0.3) is 0 Å². The van der Waals surface area contributed by atoms with Crippen LogP contribution in [-0.4, -0.2) is 30.2 Å². The van der Waals surface area contributed by atoms with Crippen molar-refractivity contribution in [1.82, 2.24) is 4.90 Å². The van der Waals surface area contributed by atoms with Gasteiger partial charge in [0.25, 0.3) is 0 Å². The molecule has 0 radical (unpaired) electrons. The average molecular weight is 256 g/mol. The van der Waals surface area contributed by atoms with E-state index in [-0.39, 0.29) is 12.2 Å². The van der Waals surface area contributed by atoms with Crippen LogP contribution in [-0.2, 0) is 6.54 Å². The minimum Gasteiger partial charge on any atom is -0.395 e. The summed E-state index contributed by atoms with van der Waals surface area (Å²) in [6.45, 7) is 1.47. The van der Waals surface area contributed by atoms with Crippen molar-refractivity contribution in [3.8, 4) is 12.1 Å². The molecule has 0 aromatic heterocycles. The minimum atomic E-state index is 0.0304. The van der Waals surface area contributed by atoms with Crippen molar-refractivity contribution in [1.29, 1.82) is 10.5 Å². The lowest BCUT2D eigenvalue weighted by Crippen LogP contribution is -2.21. The molecular formula is C14H16N4O. The highest BCUT2D eigenvalue weighted by atomic mass is 16.3. The Morgan fingerprint density at radius 1 is 1.42 bits per heavy atom. The molecule has 2 N–H and O–H groups in total. The molecule has 1 rings (SSSR count). The van der Waals surface area contributed by atoms with E-state index in [4.69, 9.17) is 15.6 Å². The number of anilines is 1. The maximum Gasteiger partial charge on any atom is 0.145 e. The maximum absolute atomic E-state index is 8.85. The van der Waals surface area contributed by atoms with Gasteiger partial charge >= 0.3 is 0 Å². The third-order valence-corrected chi connectivity index (χ3v) is 2.49. The van der Waals surface area contributed by atoms with E-state index in [0.29, 0.717) is 6.54 Å². The number of nitrogens with one attached hydrogen (secondary N) is 1. The molecule has 0 unspecified atom stereocenters. The Hall–Kier alpha value is -2.34. The second-order valence-electron chi connectivity index (χ2n) is 4.09. The minimum absolute atomic E-state index is 0.0304. The van der Waals surface area contributed by atoms with Crippen molar-refractivity contribution >= 4 is 5.69 Å². The molecule has 0 saturated carbocycles. The van der Waals surface area contributed by atoms with E-state index < -0.39 is 0 Å². The highest BCUT2D eigenvalue weighted by Crippen LogP contribution is 2.12. The zero-order valence-corrected chi connectivity index (χ0v) is 10.8. The molecule has 19 heavy (non-hydrogen) atoms. The summed E-state index contributed by atoms with van der Waals surface area (Å²) in [7, 11) is 1.93. The molecule has 0 heterocycles. The number of likely N-dealkylation sites (N-methyl/N-ethyl adjacent to an activating group) is 1. The zero-order chi connectivity index (χ0) is 14.1. The van der Waals surface area contributed by atoms with Crippen LogP contribution in [0, 0.1) is 22.7 Å². The first-order valence-corrected chi connectivity index (χ1v) is 5.85. The Balaban J connectivity index is 2.70. The van der Waals surface area contributed by atoms with Crippen LogP contribution in [0.1, 0.15) is 5.56 Å². The lowest BCUT2D eigenvalue weighted by molar-refractivity contribution is 0.217. The van der Waals surface area contributed by atoms with Gasteiger partial charge in [0.2, 0.25) is 0 Å². The molecule has 5 heteroatoms. The van der Waals surface area contributed by atoms with Crippen LogP contribution in [0.5, 0.6) is 0 Å². The van der Waals surface area contributed by atoms with E-state index in [9.17, 15) is 0 Å². The Bertz CT molecular complexity index is 509. The molecule has 0 bridgehead atoms. The molecule has 1 aromatic carbocycles. The summed E-state index contributed by atoms with van der Waals surface area (Å²) in [5.74, 6) is 0. The van der Waals surface area contributed by atoms with Gasteiger partial charge in [-0.2, -0.15) is 10.5 Å². The highest BCUT2D eigenvalue weighted by Gasteiger charge is 2.00. The first-order chi connectivity index (χ1) is 9.19. The van der Waals surface area contributed by atoms with Gasteiger partial charge in [0.15, 0.2) is 0 Å². The first kappa shape index (κ1) is 14.7. The number of rotatable bonds is 6. The largest absolute Gasteiger partial charge is 0.395 e. The number of hydrogen-bond acceptors (Lipinski definition) is 5. The van der Waals surface area contributed by atoms with Crippen molar-refractivity contribution in [2.24, 2.45) is 0 Å². The summed E-state index contributed by atoms with van der Waals surface area (Å²) in [5, 5.41) is 29.0. The number of benzene rings is 1. The van der Waals surface area contributed by atoms with Crippen molar-refractivity contribution in [2.75, 3.05) is 25.5 Å². The predicted molar refractivity (Wildman–Crippen MR) is 72.8 cm³/mol. The third-order valence-electron chi connectivity index (χ3n) is 2.49. The van der Waals surface area contributed by atoms with Crippen molar-refractivity contribution in [3.05, 3.63) is 41.6 Å². The number of allylic oxidation sites excluding steroid dienone is 1. The van der Waals surface area contributed by atoms with Crippen LogP contribution in [0.4, 0.5) is 5.69 Å². The molecule has 1 aromatic rings. The Kier molecular flexibility index (Phi) is 6.11. The fraction of sp³-hybridized carbons (Fsp3) is 0.286. The van der Waals surface area contributed by atoms with Gasteiger partial charge in [-0.1, -0.05) is 12.1 Å². The summed E-state index contributed by atoms with van der Waals surface area (Å²) in [5.41, 5.74) is 1.94. The highest BCUT2D eigenvalue weighted by molar-refractivity contribution is 5.50. The van der Waals surface area contributed by atoms with E-state index >= 15 is 0 Å². The number of hydrogen-bond donors (Lipinski definition) is 2. The second kappa shape index (κ2) is 7.88. The fourth-order valence-electron chi connectivity index (χ4n) is 1.57. The molecule has 0 atom stereocenters. The Labute approximate surface area is 113 Å². The SMILES string of the molecule is CN(CCO)Cc1cccc(NC=C(C#N)C#N)c1. The summed E-state index contributed by atoms with van der Waals surface area (Å²) < 4.78 is 0. The molecule has 0 aliphatic rings. The molecule has 0 aliphatic heterocycles. The maximum atomic E-state index is 8.85. The lowest BCUT2D eigenvalue weighted by Gasteiger charge is -2.15. The molecule has 0 spiro atoms. The van der Waals surface area contributed by atoms with Gasteiger partial charge < -0.3 is 10.4 Å².